The van der Waals surface area contributed by atoms with Gasteiger partial charge in [0, 0.05) is 12.1 Å². The molecular weight excluding hydrogens is 342 g/mol. The van der Waals surface area contributed by atoms with Crippen LogP contribution in [0.3, 0.4) is 0 Å². The van der Waals surface area contributed by atoms with E-state index in [1.807, 2.05) is 30.3 Å². The van der Waals surface area contributed by atoms with E-state index < -0.39 is 0 Å². The maximum atomic E-state index is 11.9. The van der Waals surface area contributed by atoms with Crippen LogP contribution < -0.4 is 5.32 Å². The van der Waals surface area contributed by atoms with Crippen molar-refractivity contribution in [3.8, 4) is 0 Å². The van der Waals surface area contributed by atoms with Crippen molar-refractivity contribution in [1.29, 1.82) is 0 Å². The molecule has 1 rings (SSSR count). The zero-order chi connectivity index (χ0) is 20.1. The van der Waals surface area contributed by atoms with Gasteiger partial charge in [0.25, 0.3) is 0 Å². The highest BCUT2D eigenvalue weighted by Gasteiger charge is 2.01. The first kappa shape index (κ1) is 24.7. The lowest BCUT2D eigenvalue weighted by molar-refractivity contribution is -0.116. The summed E-state index contributed by atoms with van der Waals surface area (Å²) < 4.78 is 0. The van der Waals surface area contributed by atoms with Crippen LogP contribution in [-0.2, 0) is 4.79 Å². The summed E-state index contributed by atoms with van der Waals surface area (Å²) in [6.45, 7) is 2.29. The molecule has 28 heavy (non-hydrogen) atoms. The molecule has 0 aliphatic heterocycles. The van der Waals surface area contributed by atoms with E-state index in [4.69, 9.17) is 0 Å². The number of rotatable bonds is 19. The minimum Gasteiger partial charge on any atom is -0.326 e. The molecule has 0 spiro atoms. The summed E-state index contributed by atoms with van der Waals surface area (Å²) in [6.07, 6.45) is 23.9. The number of carbonyl (C=O) groups excluding carboxylic acids is 1. The van der Waals surface area contributed by atoms with E-state index in [0.29, 0.717) is 6.42 Å². The summed E-state index contributed by atoms with van der Waals surface area (Å²) in [5.74, 6) is 0.146. The number of anilines is 1. The molecule has 1 aromatic carbocycles. The molecule has 0 aliphatic carbocycles. The highest BCUT2D eigenvalue weighted by atomic mass is 16.1. The largest absolute Gasteiger partial charge is 0.326 e. The van der Waals surface area contributed by atoms with Crippen molar-refractivity contribution in [1.82, 2.24) is 0 Å². The molecule has 0 saturated carbocycles. The fourth-order valence-corrected chi connectivity index (χ4v) is 3.76. The molecule has 1 amide bonds. The van der Waals surface area contributed by atoms with Crippen molar-refractivity contribution >= 4 is 11.6 Å². The van der Waals surface area contributed by atoms with Gasteiger partial charge < -0.3 is 5.32 Å². The smallest absolute Gasteiger partial charge is 0.224 e. The Kier molecular flexibility index (Phi) is 16.8. The standard InChI is InChI=1S/C26H45NO/c1-2-3-4-5-6-7-8-9-10-11-12-13-14-15-16-17-21-24-26(28)27-25-22-19-18-20-23-25/h18-20,22-23H,2-17,21,24H2,1H3,(H,27,28). The molecule has 1 N–H and O–H groups in total. The third-order valence-electron chi connectivity index (χ3n) is 5.56. The first-order valence-corrected chi connectivity index (χ1v) is 12.2. The zero-order valence-corrected chi connectivity index (χ0v) is 18.5. The van der Waals surface area contributed by atoms with Crippen molar-refractivity contribution in [2.24, 2.45) is 0 Å². The number of benzene rings is 1. The van der Waals surface area contributed by atoms with Crippen molar-refractivity contribution < 1.29 is 4.79 Å². The third-order valence-corrected chi connectivity index (χ3v) is 5.56. The highest BCUT2D eigenvalue weighted by Crippen LogP contribution is 2.14. The predicted molar refractivity (Wildman–Crippen MR) is 124 cm³/mol. The second-order valence-corrected chi connectivity index (χ2v) is 8.32. The van der Waals surface area contributed by atoms with Crippen LogP contribution in [0.5, 0.6) is 0 Å². The van der Waals surface area contributed by atoms with Crippen molar-refractivity contribution in [3.05, 3.63) is 30.3 Å². The SMILES string of the molecule is CCCCCCCCCCCCCCCCCCCC(=O)Nc1ccccc1. The van der Waals surface area contributed by atoms with Crippen molar-refractivity contribution in [2.75, 3.05) is 5.32 Å². The van der Waals surface area contributed by atoms with Crippen molar-refractivity contribution in [3.63, 3.8) is 0 Å². The van der Waals surface area contributed by atoms with Gasteiger partial charge in [-0.3, -0.25) is 4.79 Å². The monoisotopic (exact) mass is 387 g/mol. The normalized spacial score (nSPS) is 10.9. The van der Waals surface area contributed by atoms with Crippen LogP contribution in [0.1, 0.15) is 122 Å². The number of unbranched alkanes of at least 4 members (excludes halogenated alkanes) is 16. The summed E-state index contributed by atoms with van der Waals surface area (Å²) in [5.41, 5.74) is 0.902. The molecule has 0 saturated heterocycles. The summed E-state index contributed by atoms with van der Waals surface area (Å²) in [7, 11) is 0. The molecule has 0 aromatic heterocycles. The van der Waals surface area contributed by atoms with E-state index in [1.54, 1.807) is 0 Å². The first-order chi connectivity index (χ1) is 13.8. The molecule has 0 unspecified atom stereocenters. The van der Waals surface area contributed by atoms with E-state index in [2.05, 4.69) is 12.2 Å². The molecule has 0 aliphatic rings. The van der Waals surface area contributed by atoms with Crippen LogP contribution in [0.4, 0.5) is 5.69 Å². The molecule has 0 radical (unpaired) electrons. The Balaban J connectivity index is 1.74. The second-order valence-electron chi connectivity index (χ2n) is 8.32. The number of hydrogen-bond acceptors (Lipinski definition) is 1. The molecule has 1 aromatic rings. The van der Waals surface area contributed by atoms with E-state index in [0.717, 1.165) is 12.1 Å². The lowest BCUT2D eigenvalue weighted by atomic mass is 10.0. The maximum Gasteiger partial charge on any atom is 0.224 e. The summed E-state index contributed by atoms with van der Waals surface area (Å²) in [6, 6.07) is 9.74. The number of carbonyl (C=O) groups is 1. The van der Waals surface area contributed by atoms with Gasteiger partial charge in [-0.1, -0.05) is 128 Å². The summed E-state index contributed by atoms with van der Waals surface area (Å²) >= 11 is 0. The lowest BCUT2D eigenvalue weighted by Crippen LogP contribution is -2.10. The number of hydrogen-bond donors (Lipinski definition) is 1. The van der Waals surface area contributed by atoms with E-state index in [9.17, 15) is 4.79 Å². The summed E-state index contributed by atoms with van der Waals surface area (Å²) in [5, 5.41) is 2.96. The quantitative estimate of drug-likeness (QED) is 0.236. The molecule has 2 nitrogen and oxygen atoms in total. The molecule has 0 fully saturated rings. The molecule has 160 valence electrons. The van der Waals surface area contributed by atoms with Crippen LogP contribution in [0.2, 0.25) is 0 Å². The maximum absolute atomic E-state index is 11.9. The van der Waals surface area contributed by atoms with Gasteiger partial charge in [-0.15, -0.1) is 0 Å². The fourth-order valence-electron chi connectivity index (χ4n) is 3.76. The van der Waals surface area contributed by atoms with Gasteiger partial charge in [0.2, 0.25) is 5.91 Å². The van der Waals surface area contributed by atoms with Crippen LogP contribution in [-0.4, -0.2) is 5.91 Å². The Labute approximate surface area is 174 Å². The Morgan fingerprint density at radius 3 is 1.43 bits per heavy atom. The van der Waals surface area contributed by atoms with Gasteiger partial charge in [0.05, 0.1) is 0 Å². The van der Waals surface area contributed by atoms with E-state index in [1.165, 1.54) is 103 Å². The highest BCUT2D eigenvalue weighted by molar-refractivity contribution is 5.90. The second kappa shape index (κ2) is 19.0. The first-order valence-electron chi connectivity index (χ1n) is 12.2. The van der Waals surface area contributed by atoms with Gasteiger partial charge in [-0.25, -0.2) is 0 Å². The van der Waals surface area contributed by atoms with Gasteiger partial charge in [0.1, 0.15) is 0 Å². The zero-order valence-electron chi connectivity index (χ0n) is 18.5. The van der Waals surface area contributed by atoms with Gasteiger partial charge in [0.15, 0.2) is 0 Å². The number of amides is 1. The third kappa shape index (κ3) is 15.7. The van der Waals surface area contributed by atoms with E-state index >= 15 is 0 Å². The Morgan fingerprint density at radius 2 is 1.00 bits per heavy atom. The van der Waals surface area contributed by atoms with Gasteiger partial charge in [-0.2, -0.15) is 0 Å². The van der Waals surface area contributed by atoms with Gasteiger partial charge >= 0.3 is 0 Å². The average Bonchev–Trinajstić information content (AvgIpc) is 2.71. The van der Waals surface area contributed by atoms with Crippen LogP contribution >= 0.6 is 0 Å². The van der Waals surface area contributed by atoms with Crippen LogP contribution in [0, 0.1) is 0 Å². The molecule has 0 heterocycles. The number of para-hydroxylation sites is 1. The predicted octanol–water partition coefficient (Wildman–Crippen LogP) is 8.67. The molecule has 0 bridgehead atoms. The lowest BCUT2D eigenvalue weighted by Gasteiger charge is -2.05. The minimum atomic E-state index is 0.146. The fraction of sp³-hybridized carbons (Fsp3) is 0.731. The number of nitrogens with one attached hydrogen (secondary N) is 1. The van der Waals surface area contributed by atoms with Crippen LogP contribution in [0.25, 0.3) is 0 Å². The molecular formula is C26H45NO. The Hall–Kier alpha value is -1.31. The van der Waals surface area contributed by atoms with Crippen molar-refractivity contribution in [2.45, 2.75) is 122 Å². The minimum absolute atomic E-state index is 0.146. The Morgan fingerprint density at radius 1 is 0.607 bits per heavy atom. The molecule has 0 atom stereocenters. The van der Waals surface area contributed by atoms with E-state index in [-0.39, 0.29) is 5.91 Å². The Bertz CT molecular complexity index is 457. The summed E-state index contributed by atoms with van der Waals surface area (Å²) in [4.78, 5) is 11.9. The van der Waals surface area contributed by atoms with Crippen LogP contribution in [0.15, 0.2) is 30.3 Å². The topological polar surface area (TPSA) is 29.1 Å². The average molecular weight is 388 g/mol. The van der Waals surface area contributed by atoms with Gasteiger partial charge in [-0.05, 0) is 18.6 Å². The molecule has 2 heteroatoms.